The van der Waals surface area contributed by atoms with Gasteiger partial charge in [-0.15, -0.1) is 0 Å². The Morgan fingerprint density at radius 1 is 1.09 bits per heavy atom. The molecule has 0 radical (unpaired) electrons. The van der Waals surface area contributed by atoms with Crippen LogP contribution in [0.25, 0.3) is 11.1 Å². The summed E-state index contributed by atoms with van der Waals surface area (Å²) in [5.41, 5.74) is 4.95. The van der Waals surface area contributed by atoms with Crippen LogP contribution in [0.5, 0.6) is 0 Å². The summed E-state index contributed by atoms with van der Waals surface area (Å²) in [5, 5.41) is 11.7. The average Bonchev–Trinajstić information content (AvgIpc) is 3.11. The molecular formula is C25H26N2O5. The van der Waals surface area contributed by atoms with Crippen LogP contribution < -0.4 is 5.32 Å². The standard InChI is InChI=1S/C25H26N2O5/c1-16(14-23(28)27-12-10-17(11-13-27)24(29)30)26-25(31)32-15-22-20-8-4-2-6-18(20)19-7-3-5-9-21(19)22/h2-10,16,22H,11-15H2,1H3,(H,26,31)(H,29,30)/t16-/m0/s1. The number of aliphatic carboxylic acids is 1. The van der Waals surface area contributed by atoms with Crippen LogP contribution in [0.1, 0.15) is 36.8 Å². The molecule has 0 spiro atoms. The minimum Gasteiger partial charge on any atom is -0.478 e. The van der Waals surface area contributed by atoms with E-state index in [1.165, 1.54) is 0 Å². The zero-order valence-electron chi connectivity index (χ0n) is 17.9. The van der Waals surface area contributed by atoms with Gasteiger partial charge in [0.1, 0.15) is 6.61 Å². The van der Waals surface area contributed by atoms with E-state index in [0.29, 0.717) is 18.5 Å². The van der Waals surface area contributed by atoms with E-state index in [1.807, 2.05) is 24.3 Å². The van der Waals surface area contributed by atoms with Gasteiger partial charge < -0.3 is 20.1 Å². The van der Waals surface area contributed by atoms with E-state index in [-0.39, 0.29) is 31.4 Å². The molecule has 7 nitrogen and oxygen atoms in total. The number of carbonyl (C=O) groups is 3. The van der Waals surface area contributed by atoms with E-state index in [9.17, 15) is 14.4 Å². The highest BCUT2D eigenvalue weighted by Crippen LogP contribution is 2.44. The minimum atomic E-state index is -0.942. The Morgan fingerprint density at radius 3 is 2.28 bits per heavy atom. The number of carboxylic acids is 1. The number of fused-ring (bicyclic) bond motifs is 3. The van der Waals surface area contributed by atoms with Gasteiger partial charge >= 0.3 is 12.1 Å². The molecule has 1 heterocycles. The first-order valence-corrected chi connectivity index (χ1v) is 10.8. The molecule has 32 heavy (non-hydrogen) atoms. The maximum Gasteiger partial charge on any atom is 0.407 e. The number of amides is 2. The van der Waals surface area contributed by atoms with Gasteiger partial charge in [-0.05, 0) is 35.6 Å². The fourth-order valence-electron chi connectivity index (χ4n) is 4.37. The van der Waals surface area contributed by atoms with Gasteiger partial charge in [-0.1, -0.05) is 54.6 Å². The molecule has 2 aliphatic rings. The van der Waals surface area contributed by atoms with E-state index < -0.39 is 18.1 Å². The highest BCUT2D eigenvalue weighted by molar-refractivity contribution is 5.87. The normalized spacial score (nSPS) is 15.9. The number of carbonyl (C=O) groups excluding carboxylic acids is 2. The molecule has 166 valence electrons. The molecule has 1 aliphatic carbocycles. The van der Waals surface area contributed by atoms with Crippen molar-refractivity contribution < 1.29 is 24.2 Å². The van der Waals surface area contributed by atoms with Crippen molar-refractivity contribution in [3.63, 3.8) is 0 Å². The van der Waals surface area contributed by atoms with Crippen LogP contribution in [-0.4, -0.2) is 53.7 Å². The van der Waals surface area contributed by atoms with Crippen LogP contribution in [0.3, 0.4) is 0 Å². The molecule has 0 saturated heterocycles. The summed E-state index contributed by atoms with van der Waals surface area (Å²) >= 11 is 0. The lowest BCUT2D eigenvalue weighted by molar-refractivity contribution is -0.135. The number of hydrogen-bond donors (Lipinski definition) is 2. The molecule has 2 amide bonds. The number of ether oxygens (including phenoxy) is 1. The maximum atomic E-state index is 12.5. The van der Waals surface area contributed by atoms with E-state index >= 15 is 0 Å². The average molecular weight is 434 g/mol. The molecule has 1 atom stereocenters. The number of benzene rings is 2. The van der Waals surface area contributed by atoms with E-state index in [4.69, 9.17) is 9.84 Å². The van der Waals surface area contributed by atoms with Gasteiger partial charge in [0, 0.05) is 37.0 Å². The number of nitrogens with one attached hydrogen (secondary N) is 1. The van der Waals surface area contributed by atoms with Crippen molar-refractivity contribution in [3.05, 3.63) is 71.3 Å². The van der Waals surface area contributed by atoms with Crippen molar-refractivity contribution in [2.24, 2.45) is 0 Å². The second kappa shape index (κ2) is 9.26. The van der Waals surface area contributed by atoms with Gasteiger partial charge in [0.25, 0.3) is 0 Å². The molecule has 2 aromatic carbocycles. The van der Waals surface area contributed by atoms with Crippen molar-refractivity contribution >= 4 is 18.0 Å². The summed E-state index contributed by atoms with van der Waals surface area (Å²) in [6.45, 7) is 2.62. The molecule has 7 heteroatoms. The third-order valence-corrected chi connectivity index (χ3v) is 6.03. The second-order valence-electron chi connectivity index (χ2n) is 8.20. The topological polar surface area (TPSA) is 95.9 Å². The summed E-state index contributed by atoms with van der Waals surface area (Å²) < 4.78 is 5.53. The fraction of sp³-hybridized carbons (Fsp3) is 0.320. The monoisotopic (exact) mass is 434 g/mol. The molecule has 0 unspecified atom stereocenters. The number of carboxylic acid groups (broad SMARTS) is 1. The summed E-state index contributed by atoms with van der Waals surface area (Å²) in [4.78, 5) is 37.4. The summed E-state index contributed by atoms with van der Waals surface area (Å²) in [6.07, 6.45) is 1.46. The summed E-state index contributed by atoms with van der Waals surface area (Å²) in [6, 6.07) is 15.9. The Bertz CT molecular complexity index is 1030. The van der Waals surface area contributed by atoms with Crippen LogP contribution in [0.2, 0.25) is 0 Å². The van der Waals surface area contributed by atoms with Crippen LogP contribution in [-0.2, 0) is 14.3 Å². The largest absolute Gasteiger partial charge is 0.478 e. The quantitative estimate of drug-likeness (QED) is 0.725. The van der Waals surface area contributed by atoms with Gasteiger partial charge in [0.2, 0.25) is 5.91 Å². The predicted molar refractivity (Wildman–Crippen MR) is 119 cm³/mol. The number of alkyl carbamates (subject to hydrolysis) is 1. The lowest BCUT2D eigenvalue weighted by Gasteiger charge is -2.26. The smallest absolute Gasteiger partial charge is 0.407 e. The van der Waals surface area contributed by atoms with Gasteiger partial charge in [-0.25, -0.2) is 9.59 Å². The molecule has 4 rings (SSSR count). The van der Waals surface area contributed by atoms with Gasteiger partial charge in [-0.3, -0.25) is 4.79 Å². The zero-order valence-corrected chi connectivity index (χ0v) is 17.9. The lowest BCUT2D eigenvalue weighted by atomic mass is 9.98. The predicted octanol–water partition coefficient (Wildman–Crippen LogP) is 3.55. The van der Waals surface area contributed by atoms with Crippen LogP contribution in [0.4, 0.5) is 4.79 Å². The maximum absolute atomic E-state index is 12.5. The molecule has 1 aliphatic heterocycles. The Kier molecular flexibility index (Phi) is 6.25. The number of nitrogens with zero attached hydrogens (tertiary/aromatic N) is 1. The Hall–Kier alpha value is -3.61. The minimum absolute atomic E-state index is 0.0198. The summed E-state index contributed by atoms with van der Waals surface area (Å²) in [7, 11) is 0. The molecule has 2 aromatic rings. The number of rotatable bonds is 6. The zero-order chi connectivity index (χ0) is 22.7. The Balaban J connectivity index is 1.29. The van der Waals surface area contributed by atoms with Gasteiger partial charge in [0.05, 0.1) is 0 Å². The second-order valence-corrected chi connectivity index (χ2v) is 8.20. The Labute approximate surface area is 186 Å². The van der Waals surface area contributed by atoms with Crippen LogP contribution in [0, 0.1) is 0 Å². The first-order chi connectivity index (χ1) is 15.4. The number of hydrogen-bond acceptors (Lipinski definition) is 4. The third-order valence-electron chi connectivity index (χ3n) is 6.03. The first-order valence-electron chi connectivity index (χ1n) is 10.8. The van der Waals surface area contributed by atoms with Crippen LogP contribution >= 0.6 is 0 Å². The van der Waals surface area contributed by atoms with Crippen LogP contribution in [0.15, 0.2) is 60.2 Å². The highest BCUT2D eigenvalue weighted by atomic mass is 16.5. The lowest BCUT2D eigenvalue weighted by Crippen LogP contribution is -2.41. The van der Waals surface area contributed by atoms with Crippen molar-refractivity contribution in [2.45, 2.75) is 31.7 Å². The molecule has 0 bridgehead atoms. The Morgan fingerprint density at radius 2 is 1.72 bits per heavy atom. The molecule has 0 saturated carbocycles. The van der Waals surface area contributed by atoms with Gasteiger partial charge in [0.15, 0.2) is 0 Å². The third kappa shape index (κ3) is 4.51. The summed E-state index contributed by atoms with van der Waals surface area (Å²) in [5.74, 6) is -1.09. The van der Waals surface area contributed by atoms with E-state index in [2.05, 4.69) is 29.6 Å². The molecule has 2 N–H and O–H groups in total. The van der Waals surface area contributed by atoms with Crippen molar-refractivity contribution in [1.82, 2.24) is 10.2 Å². The van der Waals surface area contributed by atoms with Crippen molar-refractivity contribution in [1.29, 1.82) is 0 Å². The van der Waals surface area contributed by atoms with Crippen molar-refractivity contribution in [2.75, 3.05) is 19.7 Å². The van der Waals surface area contributed by atoms with Gasteiger partial charge in [-0.2, -0.15) is 0 Å². The van der Waals surface area contributed by atoms with E-state index in [0.717, 1.165) is 22.3 Å². The molecular weight excluding hydrogens is 408 g/mol. The fourth-order valence-corrected chi connectivity index (χ4v) is 4.37. The molecule has 0 aromatic heterocycles. The highest BCUT2D eigenvalue weighted by Gasteiger charge is 2.29. The van der Waals surface area contributed by atoms with E-state index in [1.54, 1.807) is 17.9 Å². The van der Waals surface area contributed by atoms with Crippen molar-refractivity contribution in [3.8, 4) is 11.1 Å². The first kappa shape index (κ1) is 21.6. The SMILES string of the molecule is C[C@@H](CC(=O)N1CC=C(C(=O)O)CC1)NC(=O)OCC1c2ccccc2-c2ccccc21. The molecule has 0 fully saturated rings.